The molecule has 3 unspecified atom stereocenters. The van der Waals surface area contributed by atoms with Gasteiger partial charge >= 0.3 is 6.18 Å². The Morgan fingerprint density at radius 2 is 1.89 bits per heavy atom. The molecule has 3 atom stereocenters. The van der Waals surface area contributed by atoms with Gasteiger partial charge in [0.2, 0.25) is 17.4 Å². The van der Waals surface area contributed by atoms with E-state index in [0.717, 1.165) is 32.9 Å². The summed E-state index contributed by atoms with van der Waals surface area (Å²) in [5.74, 6) is -0.729. The van der Waals surface area contributed by atoms with E-state index in [-0.39, 0.29) is 47.5 Å². The lowest BCUT2D eigenvalue weighted by atomic mass is 9.99. The maximum Gasteiger partial charge on any atom is 0.430 e. The zero-order chi connectivity index (χ0) is 42.2. The van der Waals surface area contributed by atoms with Crippen LogP contribution in [0.4, 0.5) is 19.0 Å². The van der Waals surface area contributed by atoms with Crippen LogP contribution in [0.2, 0.25) is 0 Å². The number of carbonyl (C=O) groups is 2. The molecule has 4 rings (SSSR count). The predicted molar refractivity (Wildman–Crippen MR) is 222 cm³/mol. The van der Waals surface area contributed by atoms with E-state index < -0.39 is 29.4 Å². The smallest absolute Gasteiger partial charge is 0.395 e. The third-order valence-corrected chi connectivity index (χ3v) is 10.5. The standard InChI is InChI=1S/C41H52F3N9O3S/c1-9-24(2)14-25(21-52(6)7)15-32(50-38(55)30-17-29(30)34-12-11-33(57-34)27-16-28(19-47-5)37(46)48-20-27)39(56)51-40(3,4)23-49-31(18-35(45)41(42,43)44)26-10-13-36(54)53(8)22-26/h10-14,16,18-22,29-30,32H,9,15,17,23,45H2,1-8H3,(H2,46,48)(H,50,55)(H,51,56)/b24-14+,25-21+,35-18-,47-19?,49-31?. The van der Waals surface area contributed by atoms with Crippen molar-refractivity contribution in [3.05, 3.63) is 104 Å². The number of alkyl halides is 3. The predicted octanol–water partition coefficient (Wildman–Crippen LogP) is 5.71. The van der Waals surface area contributed by atoms with Crippen molar-refractivity contribution < 1.29 is 22.8 Å². The molecule has 6 N–H and O–H groups in total. The van der Waals surface area contributed by atoms with Crippen LogP contribution in [0.25, 0.3) is 10.4 Å². The maximum atomic E-state index is 14.2. The monoisotopic (exact) mass is 807 g/mol. The van der Waals surface area contributed by atoms with Gasteiger partial charge in [-0.05, 0) is 69.5 Å². The zero-order valence-corrected chi connectivity index (χ0v) is 34.4. The lowest BCUT2D eigenvalue weighted by Crippen LogP contribution is -2.54. The van der Waals surface area contributed by atoms with E-state index in [2.05, 4.69) is 25.6 Å². The Balaban J connectivity index is 1.58. The van der Waals surface area contributed by atoms with Gasteiger partial charge in [0.05, 0.1) is 17.8 Å². The van der Waals surface area contributed by atoms with Gasteiger partial charge in [-0.3, -0.25) is 24.4 Å². The fourth-order valence-electron chi connectivity index (χ4n) is 5.94. The summed E-state index contributed by atoms with van der Waals surface area (Å²) in [5, 5.41) is 5.98. The van der Waals surface area contributed by atoms with E-state index in [1.54, 1.807) is 44.6 Å². The van der Waals surface area contributed by atoms with Crippen molar-refractivity contribution >= 4 is 40.9 Å². The summed E-state index contributed by atoms with van der Waals surface area (Å²) in [6.45, 7) is 7.22. The Bertz CT molecular complexity index is 2160. The minimum atomic E-state index is -4.81. The maximum absolute atomic E-state index is 14.2. The van der Waals surface area contributed by atoms with Gasteiger partial charge in [0, 0.05) is 104 Å². The van der Waals surface area contributed by atoms with E-state index in [1.165, 1.54) is 29.9 Å². The fourth-order valence-corrected chi connectivity index (χ4v) is 7.10. The van der Waals surface area contributed by atoms with Crippen LogP contribution >= 0.6 is 11.3 Å². The second kappa shape index (κ2) is 18.6. The molecule has 0 aliphatic heterocycles. The summed E-state index contributed by atoms with van der Waals surface area (Å²) in [6, 6.07) is 7.51. The summed E-state index contributed by atoms with van der Waals surface area (Å²) in [4.78, 5) is 56.7. The molecule has 3 aromatic rings. The second-order valence-electron chi connectivity index (χ2n) is 15.1. The molecular weight excluding hydrogens is 756 g/mol. The number of halogens is 3. The van der Waals surface area contributed by atoms with E-state index >= 15 is 0 Å². The quantitative estimate of drug-likeness (QED) is 0.106. The highest BCUT2D eigenvalue weighted by Crippen LogP contribution is 2.51. The number of aryl methyl sites for hydroxylation is 1. The van der Waals surface area contributed by atoms with Crippen LogP contribution in [-0.4, -0.2) is 83.6 Å². The van der Waals surface area contributed by atoms with Gasteiger partial charge in [-0.1, -0.05) is 18.6 Å². The van der Waals surface area contributed by atoms with Gasteiger partial charge < -0.3 is 31.6 Å². The number of thiophene rings is 1. The van der Waals surface area contributed by atoms with Crippen LogP contribution < -0.4 is 27.7 Å². The zero-order valence-electron chi connectivity index (χ0n) is 33.6. The molecule has 0 aromatic carbocycles. The van der Waals surface area contributed by atoms with Crippen molar-refractivity contribution in [1.82, 2.24) is 25.1 Å². The highest BCUT2D eigenvalue weighted by atomic mass is 32.1. The minimum absolute atomic E-state index is 0.0243. The summed E-state index contributed by atoms with van der Waals surface area (Å²) in [6.07, 6.45) is 6.09. The lowest BCUT2D eigenvalue weighted by Gasteiger charge is -2.28. The second-order valence-corrected chi connectivity index (χ2v) is 16.2. The highest BCUT2D eigenvalue weighted by Gasteiger charge is 2.46. The molecule has 1 aliphatic rings. The summed E-state index contributed by atoms with van der Waals surface area (Å²) >= 11 is 1.57. The van der Waals surface area contributed by atoms with Gasteiger partial charge in [0.15, 0.2) is 0 Å². The fraction of sp³-hybridized carbons (Fsp3) is 0.415. The summed E-state index contributed by atoms with van der Waals surface area (Å²) < 4.78 is 41.7. The first-order valence-corrected chi connectivity index (χ1v) is 19.2. The molecule has 1 fully saturated rings. The number of aromatic nitrogens is 2. The highest BCUT2D eigenvalue weighted by molar-refractivity contribution is 7.15. The third-order valence-electron chi connectivity index (χ3n) is 9.22. The Hall–Kier alpha value is -5.51. The normalized spacial score (nSPS) is 17.5. The first kappa shape index (κ1) is 44.2. The molecule has 0 bridgehead atoms. The van der Waals surface area contributed by atoms with Gasteiger partial charge in [0.1, 0.15) is 17.6 Å². The Morgan fingerprint density at radius 3 is 2.53 bits per heavy atom. The van der Waals surface area contributed by atoms with Crippen LogP contribution in [0.1, 0.15) is 68.9 Å². The molecule has 16 heteroatoms. The van der Waals surface area contributed by atoms with Crippen molar-refractivity contribution in [3.8, 4) is 10.4 Å². The van der Waals surface area contributed by atoms with Gasteiger partial charge in [-0.2, -0.15) is 13.2 Å². The molecule has 2 amide bonds. The molecule has 12 nitrogen and oxygen atoms in total. The van der Waals surface area contributed by atoms with E-state index in [1.807, 2.05) is 63.3 Å². The van der Waals surface area contributed by atoms with Crippen molar-refractivity contribution in [2.45, 2.75) is 70.6 Å². The Morgan fingerprint density at radius 1 is 1.18 bits per heavy atom. The molecular formula is C41H52F3N9O3S. The van der Waals surface area contributed by atoms with Crippen LogP contribution in [0.3, 0.4) is 0 Å². The van der Waals surface area contributed by atoms with Crippen LogP contribution in [0.5, 0.6) is 0 Å². The van der Waals surface area contributed by atoms with Crippen LogP contribution in [-0.2, 0) is 16.6 Å². The number of pyridine rings is 2. The molecule has 0 spiro atoms. The Labute approximate surface area is 335 Å². The number of amides is 2. The molecule has 1 saturated carbocycles. The number of rotatable bonds is 16. The molecule has 0 radical (unpaired) electrons. The number of nitrogens with two attached hydrogens (primary N) is 2. The van der Waals surface area contributed by atoms with Crippen LogP contribution in [0.15, 0.2) is 92.7 Å². The third kappa shape index (κ3) is 12.5. The van der Waals surface area contributed by atoms with Crippen molar-refractivity contribution in [3.63, 3.8) is 0 Å². The number of hydrogen-bond donors (Lipinski definition) is 4. The van der Waals surface area contributed by atoms with Crippen LogP contribution in [0, 0.1) is 5.92 Å². The molecule has 57 heavy (non-hydrogen) atoms. The molecule has 1 aliphatic carbocycles. The van der Waals surface area contributed by atoms with Crippen molar-refractivity contribution in [2.24, 2.45) is 28.7 Å². The molecule has 3 aromatic heterocycles. The number of nitrogens with one attached hydrogen (secondary N) is 2. The molecule has 306 valence electrons. The number of hydrogen-bond acceptors (Lipinski definition) is 10. The number of allylic oxidation sites excluding steroid dienone is 4. The lowest BCUT2D eigenvalue weighted by molar-refractivity contribution is -0.130. The molecule has 0 saturated heterocycles. The average molecular weight is 808 g/mol. The largest absolute Gasteiger partial charge is 0.430 e. The first-order valence-electron chi connectivity index (χ1n) is 18.4. The summed E-state index contributed by atoms with van der Waals surface area (Å²) in [5.41, 5.74) is 12.2. The summed E-state index contributed by atoms with van der Waals surface area (Å²) in [7, 11) is 6.87. The number of nitrogens with zero attached hydrogens (tertiary/aromatic N) is 5. The number of nitrogen functional groups attached to an aromatic ring is 1. The number of anilines is 1. The van der Waals surface area contributed by atoms with Gasteiger partial charge in [-0.15, -0.1) is 11.3 Å². The minimum Gasteiger partial charge on any atom is -0.395 e. The molecule has 3 heterocycles. The van der Waals surface area contributed by atoms with E-state index in [4.69, 9.17) is 11.5 Å². The van der Waals surface area contributed by atoms with Gasteiger partial charge in [0.25, 0.3) is 0 Å². The van der Waals surface area contributed by atoms with E-state index in [0.29, 0.717) is 23.9 Å². The average Bonchev–Trinajstić information content (AvgIpc) is 3.78. The number of carbonyl (C=O) groups excluding carboxylic acids is 2. The first-order chi connectivity index (χ1) is 26.7. The van der Waals surface area contributed by atoms with E-state index in [9.17, 15) is 27.6 Å². The van der Waals surface area contributed by atoms with Crippen molar-refractivity contribution in [1.29, 1.82) is 0 Å². The van der Waals surface area contributed by atoms with Gasteiger partial charge in [-0.25, -0.2) is 4.98 Å². The van der Waals surface area contributed by atoms with Crippen molar-refractivity contribution in [2.75, 3.05) is 33.4 Å². The number of aliphatic imine (C=N–C) groups is 2. The topological polar surface area (TPSA) is 173 Å². The Kier molecular flexibility index (Phi) is 14.4. The SMILES string of the molecule is CC/C(C)=C/C(=C\N(C)C)CC(NC(=O)C1CC1c1ccc(-c2cnc(N)c(C=NC)c2)s1)C(=O)NC(C)(C)CN=C(/C=C(\N)C(F)(F)F)c1ccc(=O)n(C)c1.